The van der Waals surface area contributed by atoms with Crippen LogP contribution < -0.4 is 10.1 Å². The van der Waals surface area contributed by atoms with E-state index in [2.05, 4.69) is 67.5 Å². The van der Waals surface area contributed by atoms with Crippen molar-refractivity contribution in [3.05, 3.63) is 93.7 Å². The van der Waals surface area contributed by atoms with Gasteiger partial charge in [-0.25, -0.2) is 0 Å². The highest BCUT2D eigenvalue weighted by atomic mass is 79.9. The quantitative estimate of drug-likeness (QED) is 0.523. The molecule has 0 bridgehead atoms. The summed E-state index contributed by atoms with van der Waals surface area (Å²) in [6.45, 7) is 4.52. The van der Waals surface area contributed by atoms with E-state index in [1.54, 1.807) is 0 Å². The summed E-state index contributed by atoms with van der Waals surface area (Å²) in [4.78, 5) is 12.0. The summed E-state index contributed by atoms with van der Waals surface area (Å²) in [7, 11) is 4.09. The molecule has 3 aromatic rings. The second-order valence-corrected chi connectivity index (χ2v) is 11.1. The summed E-state index contributed by atoms with van der Waals surface area (Å²) in [5, 5.41) is 16.3. The van der Waals surface area contributed by atoms with Gasteiger partial charge in [-0.05, 0) is 51.2 Å². The second kappa shape index (κ2) is 7.63. The van der Waals surface area contributed by atoms with Crippen molar-refractivity contribution >= 4 is 21.8 Å². The van der Waals surface area contributed by atoms with Gasteiger partial charge in [0.2, 0.25) is 0 Å². The minimum atomic E-state index is -1.39. The average Bonchev–Trinajstić information content (AvgIpc) is 3.31. The van der Waals surface area contributed by atoms with Crippen LogP contribution in [-0.2, 0) is 11.1 Å². The molecule has 0 radical (unpaired) electrons. The van der Waals surface area contributed by atoms with Gasteiger partial charge in [-0.15, -0.1) is 0 Å². The fourth-order valence-corrected chi connectivity index (χ4v) is 7.04. The van der Waals surface area contributed by atoms with Crippen molar-refractivity contribution < 1.29 is 9.84 Å². The number of aliphatic hydroxyl groups is 1. The zero-order chi connectivity index (χ0) is 24.6. The van der Waals surface area contributed by atoms with Gasteiger partial charge in [-0.1, -0.05) is 58.4 Å². The Balaban J connectivity index is 1.75. The third-order valence-corrected chi connectivity index (χ3v) is 8.36. The molecule has 2 N–H and O–H groups in total. The van der Waals surface area contributed by atoms with Crippen LogP contribution in [0, 0.1) is 12.8 Å². The largest absolute Gasteiger partial charge is 0.478 e. The van der Waals surface area contributed by atoms with E-state index in [1.807, 2.05) is 58.4 Å². The van der Waals surface area contributed by atoms with Crippen LogP contribution in [0.4, 0.5) is 0 Å². The van der Waals surface area contributed by atoms with Crippen LogP contribution in [0.5, 0.6) is 5.75 Å². The lowest BCUT2D eigenvalue weighted by Crippen LogP contribution is -2.61. The molecule has 1 fully saturated rings. The van der Waals surface area contributed by atoms with Crippen LogP contribution >= 0.6 is 15.9 Å². The molecule has 5 atom stereocenters. The van der Waals surface area contributed by atoms with Gasteiger partial charge in [0.15, 0.2) is 16.9 Å². The number of aromatic nitrogens is 1. The molecular weight excluding hydrogens is 504 g/mol. The number of nitrogens with one attached hydrogen (secondary N) is 1. The van der Waals surface area contributed by atoms with Crippen molar-refractivity contribution in [2.45, 2.75) is 36.6 Å². The highest BCUT2D eigenvalue weighted by molar-refractivity contribution is 9.10. The van der Waals surface area contributed by atoms with Gasteiger partial charge in [-0.2, -0.15) is 0 Å². The Hall–Kier alpha value is -2.74. The van der Waals surface area contributed by atoms with Gasteiger partial charge in [0.05, 0.1) is 5.84 Å². The number of halogens is 1. The normalized spacial score (nSPS) is 32.5. The minimum Gasteiger partial charge on any atom is -0.478 e. The first kappa shape index (κ1) is 22.7. The Kier molecular flexibility index (Phi) is 4.95. The Morgan fingerprint density at radius 1 is 1.09 bits per heavy atom. The van der Waals surface area contributed by atoms with E-state index < -0.39 is 16.9 Å². The highest BCUT2D eigenvalue weighted by Crippen LogP contribution is 2.74. The van der Waals surface area contributed by atoms with E-state index in [4.69, 9.17) is 9.73 Å². The molecule has 1 aromatic heterocycles. The minimum absolute atomic E-state index is 0.200. The first-order valence-corrected chi connectivity index (χ1v) is 12.7. The van der Waals surface area contributed by atoms with Crippen molar-refractivity contribution in [2.75, 3.05) is 20.6 Å². The predicted molar refractivity (Wildman–Crippen MR) is 140 cm³/mol. The fraction of sp³-hybridized carbons (Fsp3) is 0.357. The maximum atomic E-state index is 12.8. The van der Waals surface area contributed by atoms with Gasteiger partial charge in [0.25, 0.3) is 0 Å². The lowest BCUT2D eigenvalue weighted by atomic mass is 9.69. The molecule has 35 heavy (non-hydrogen) atoms. The van der Waals surface area contributed by atoms with E-state index in [1.165, 1.54) is 0 Å². The molecule has 2 aromatic carbocycles. The third kappa shape index (κ3) is 2.83. The van der Waals surface area contributed by atoms with Crippen LogP contribution in [0.1, 0.15) is 35.2 Å². The molecule has 6 rings (SSSR count). The molecule has 0 saturated heterocycles. The highest BCUT2D eigenvalue weighted by Gasteiger charge is 2.84. The number of hydrogen-bond donors (Lipinski definition) is 2. The van der Waals surface area contributed by atoms with E-state index in [9.17, 15) is 5.11 Å². The number of rotatable bonds is 4. The standard InChI is InChI=1S/C28H29BrN4O2/c1-17-14-24-22(15-30-17)27-26(35-24,20-10-12-21(29)13-11-20)25(19-8-6-5-7-9-19)23(16-33(3)4)28(27,34)32-18(2)31-27/h5-15,23,25,34H,16H2,1-4H3,(H,31,32)/t23-,25-,26+,27-,28-/m1/s1. The zero-order valence-corrected chi connectivity index (χ0v) is 21.9. The Bertz CT molecular complexity index is 1330. The Morgan fingerprint density at radius 2 is 1.80 bits per heavy atom. The second-order valence-electron chi connectivity index (χ2n) is 10.2. The molecule has 3 heterocycles. The number of aliphatic imine (C=N–C) groups is 1. The van der Waals surface area contributed by atoms with E-state index in [0.717, 1.165) is 32.6 Å². The van der Waals surface area contributed by atoms with Crippen molar-refractivity contribution in [3.8, 4) is 5.75 Å². The molecular formula is C28H29BrN4O2. The maximum Gasteiger partial charge on any atom is 0.184 e. The van der Waals surface area contributed by atoms with E-state index >= 15 is 0 Å². The molecule has 0 unspecified atom stereocenters. The average molecular weight is 533 g/mol. The van der Waals surface area contributed by atoms with Crippen molar-refractivity contribution in [1.29, 1.82) is 0 Å². The first-order chi connectivity index (χ1) is 16.7. The van der Waals surface area contributed by atoms with Gasteiger partial charge in [-0.3, -0.25) is 9.98 Å². The third-order valence-electron chi connectivity index (χ3n) is 7.83. The monoisotopic (exact) mass is 532 g/mol. The zero-order valence-electron chi connectivity index (χ0n) is 20.3. The summed E-state index contributed by atoms with van der Waals surface area (Å²) >= 11 is 3.59. The summed E-state index contributed by atoms with van der Waals surface area (Å²) in [5.41, 5.74) is 0.265. The van der Waals surface area contributed by atoms with Crippen LogP contribution in [0.25, 0.3) is 0 Å². The molecule has 1 saturated carbocycles. The summed E-state index contributed by atoms with van der Waals surface area (Å²) < 4.78 is 8.13. The molecule has 2 aliphatic heterocycles. The molecule has 7 heteroatoms. The molecule has 0 amide bonds. The number of hydrogen-bond acceptors (Lipinski definition) is 6. The number of ether oxygens (including phenoxy) is 1. The van der Waals surface area contributed by atoms with Gasteiger partial charge in [0, 0.05) is 46.4 Å². The number of fused-ring (bicyclic) bond motifs is 1. The summed E-state index contributed by atoms with van der Waals surface area (Å²) in [5.74, 6) is 0.984. The van der Waals surface area contributed by atoms with E-state index in [-0.39, 0.29) is 11.8 Å². The molecule has 180 valence electrons. The van der Waals surface area contributed by atoms with Crippen LogP contribution in [0.3, 0.4) is 0 Å². The van der Waals surface area contributed by atoms with Crippen molar-refractivity contribution in [2.24, 2.45) is 10.9 Å². The van der Waals surface area contributed by atoms with Gasteiger partial charge >= 0.3 is 0 Å². The van der Waals surface area contributed by atoms with E-state index in [0.29, 0.717) is 12.4 Å². The number of aryl methyl sites for hydroxylation is 1. The summed E-state index contributed by atoms with van der Waals surface area (Å²) in [6, 6.07) is 20.6. The lowest BCUT2D eigenvalue weighted by molar-refractivity contribution is -0.0856. The van der Waals surface area contributed by atoms with Crippen molar-refractivity contribution in [1.82, 2.24) is 15.2 Å². The topological polar surface area (TPSA) is 70.0 Å². The number of pyridine rings is 1. The summed E-state index contributed by atoms with van der Waals surface area (Å²) in [6.07, 6.45) is 1.85. The van der Waals surface area contributed by atoms with Gasteiger partial charge in [0.1, 0.15) is 5.75 Å². The number of benzene rings is 2. The predicted octanol–water partition coefficient (Wildman–Crippen LogP) is 4.32. The van der Waals surface area contributed by atoms with Crippen LogP contribution in [0.15, 0.2) is 76.3 Å². The molecule has 1 spiro atoms. The van der Waals surface area contributed by atoms with Crippen molar-refractivity contribution in [3.63, 3.8) is 0 Å². The molecule has 1 aliphatic carbocycles. The number of nitrogens with zero attached hydrogens (tertiary/aromatic N) is 3. The number of amidine groups is 1. The van der Waals surface area contributed by atoms with Crippen LogP contribution in [0.2, 0.25) is 0 Å². The lowest BCUT2D eigenvalue weighted by Gasteiger charge is -2.41. The maximum absolute atomic E-state index is 12.8. The Labute approximate surface area is 214 Å². The smallest absolute Gasteiger partial charge is 0.184 e. The molecule has 6 nitrogen and oxygen atoms in total. The molecule has 3 aliphatic rings. The SMILES string of the molecule is CC1=N[C@]23c4cnc(C)cc4O[C@@]2(c2ccc(Br)cc2)[C@H](c2ccccc2)[C@@H](CN(C)C)[C@]3(O)N1. The first-order valence-electron chi connectivity index (χ1n) is 11.9. The van der Waals surface area contributed by atoms with Gasteiger partial charge < -0.3 is 20.1 Å². The van der Waals surface area contributed by atoms with Crippen LogP contribution in [-0.4, -0.2) is 47.2 Å². The Morgan fingerprint density at radius 3 is 2.49 bits per heavy atom. The fourth-order valence-electron chi connectivity index (χ4n) is 6.78.